The molecule has 1 radical (unpaired) electrons. The van der Waals surface area contributed by atoms with Gasteiger partial charge in [0.2, 0.25) is 0 Å². The van der Waals surface area contributed by atoms with Gasteiger partial charge in [0.1, 0.15) is 0 Å². The summed E-state index contributed by atoms with van der Waals surface area (Å²) in [6.07, 6.45) is 3.72. The summed E-state index contributed by atoms with van der Waals surface area (Å²) >= 11 is 0. The van der Waals surface area contributed by atoms with Crippen LogP contribution in [0.1, 0.15) is 33.1 Å². The van der Waals surface area contributed by atoms with Gasteiger partial charge in [0.15, 0.2) is 0 Å². The molecule has 0 aliphatic carbocycles. The molecule has 0 nitrogen and oxygen atoms in total. The minimum absolute atomic E-state index is 0. The van der Waals surface area contributed by atoms with Crippen molar-refractivity contribution in [1.82, 2.24) is 0 Å². The van der Waals surface area contributed by atoms with Crippen molar-refractivity contribution in [3.8, 4) is 0 Å². The molecule has 0 aromatic heterocycles. The Morgan fingerprint density at radius 1 is 1.38 bits per heavy atom. The van der Waals surface area contributed by atoms with Crippen LogP contribution in [0.5, 0.6) is 0 Å². The maximum absolute atomic E-state index is 3.76. The van der Waals surface area contributed by atoms with E-state index in [9.17, 15) is 0 Å². The summed E-state index contributed by atoms with van der Waals surface area (Å²) in [6, 6.07) is 0. The first-order valence-electron chi connectivity index (χ1n) is 3.06. The van der Waals surface area contributed by atoms with E-state index in [0.29, 0.717) is 0 Å². The van der Waals surface area contributed by atoms with Crippen LogP contribution in [0.15, 0.2) is 0 Å². The smallest absolute Gasteiger partial charge is 0 e. The van der Waals surface area contributed by atoms with Gasteiger partial charge in [-0.3, -0.25) is 0 Å². The second kappa shape index (κ2) is 7.88. The molecule has 0 aromatic rings. The largest absolute Gasteiger partial charge is 0.0628 e. The summed E-state index contributed by atoms with van der Waals surface area (Å²) in [5, 5.41) is 0. The zero-order valence-corrected chi connectivity index (χ0v) is 8.36. The maximum atomic E-state index is 3.76. The van der Waals surface area contributed by atoms with E-state index in [1.807, 2.05) is 0 Å². The van der Waals surface area contributed by atoms with E-state index in [1.54, 1.807) is 0 Å². The van der Waals surface area contributed by atoms with Crippen LogP contribution < -0.4 is 0 Å². The first-order valence-corrected chi connectivity index (χ1v) is 3.06. The predicted molar refractivity (Wildman–Crippen MR) is 34.0 cm³/mol. The van der Waals surface area contributed by atoms with Crippen LogP contribution in [0, 0.1) is 12.8 Å². The van der Waals surface area contributed by atoms with Crippen molar-refractivity contribution in [1.29, 1.82) is 0 Å². The Morgan fingerprint density at radius 3 is 2.00 bits per heavy atom. The molecule has 0 heterocycles. The first kappa shape index (κ1) is 11.7. The minimum Gasteiger partial charge on any atom is -0.0628 e. The van der Waals surface area contributed by atoms with Gasteiger partial charge in [0.05, 0.1) is 0 Å². The summed E-state index contributed by atoms with van der Waals surface area (Å²) in [4.78, 5) is 0. The van der Waals surface area contributed by atoms with Gasteiger partial charge in [-0.1, -0.05) is 40.0 Å². The Bertz CT molecular complexity index is 33.4. The summed E-state index contributed by atoms with van der Waals surface area (Å²) in [5.74, 6) is 0.863. The predicted octanol–water partition coefficient (Wildman–Crippen LogP) is 2.64. The van der Waals surface area contributed by atoms with Crippen LogP contribution in [0.25, 0.3) is 0 Å². The van der Waals surface area contributed by atoms with E-state index < -0.39 is 0 Å². The van der Waals surface area contributed by atoms with Crippen molar-refractivity contribution in [2.75, 3.05) is 0 Å². The van der Waals surface area contributed by atoms with Gasteiger partial charge in [-0.05, 0) is 5.92 Å². The summed E-state index contributed by atoms with van der Waals surface area (Å²) in [6.45, 7) is 8.25. The van der Waals surface area contributed by atoms with Crippen molar-refractivity contribution in [3.63, 3.8) is 0 Å². The van der Waals surface area contributed by atoms with Crippen LogP contribution in [-0.2, 0) is 26.2 Å². The van der Waals surface area contributed by atoms with E-state index in [0.717, 1.165) is 12.3 Å². The molecule has 0 atom stereocenters. The fourth-order valence-corrected chi connectivity index (χ4v) is 0.553. The van der Waals surface area contributed by atoms with E-state index in [2.05, 4.69) is 20.8 Å². The molecule has 0 saturated carbocycles. The molecule has 0 saturated heterocycles. The zero-order chi connectivity index (χ0) is 5.70. The third-order valence-corrected chi connectivity index (χ3v) is 1.03. The first-order chi connectivity index (χ1) is 3.27. The second-order valence-corrected chi connectivity index (χ2v) is 2.39. The van der Waals surface area contributed by atoms with E-state index in [1.165, 1.54) is 12.8 Å². The zero-order valence-electron chi connectivity index (χ0n) is 5.91. The molecule has 0 spiro atoms. The third kappa shape index (κ3) is 9.99. The molecule has 8 heavy (non-hydrogen) atoms. The van der Waals surface area contributed by atoms with Gasteiger partial charge in [-0.2, -0.15) is 0 Å². The molecular formula is C7H15Zr. The molecule has 0 aliphatic heterocycles. The monoisotopic (exact) mass is 189 g/mol. The van der Waals surface area contributed by atoms with Crippen molar-refractivity contribution in [2.45, 2.75) is 33.1 Å². The summed E-state index contributed by atoms with van der Waals surface area (Å²) in [5.41, 5.74) is 0. The molecule has 1 heteroatoms. The molecule has 0 unspecified atom stereocenters. The molecule has 0 amide bonds. The van der Waals surface area contributed by atoms with Crippen molar-refractivity contribution in [2.24, 2.45) is 5.92 Å². The third-order valence-electron chi connectivity index (χ3n) is 1.03. The molecule has 0 aromatic carbocycles. The molecule has 0 fully saturated rings. The van der Waals surface area contributed by atoms with Crippen LogP contribution >= 0.6 is 0 Å². The summed E-state index contributed by atoms with van der Waals surface area (Å²) < 4.78 is 0. The topological polar surface area (TPSA) is 0 Å². The van der Waals surface area contributed by atoms with E-state index in [-0.39, 0.29) is 26.2 Å². The molecule has 0 bridgehead atoms. The van der Waals surface area contributed by atoms with E-state index >= 15 is 0 Å². The fourth-order valence-electron chi connectivity index (χ4n) is 0.553. The molecular weight excluding hydrogens is 175 g/mol. The maximum Gasteiger partial charge on any atom is 0 e. The normalized spacial score (nSPS) is 9.00. The van der Waals surface area contributed by atoms with Crippen molar-refractivity contribution >= 4 is 0 Å². The average Bonchev–Trinajstić information content (AvgIpc) is 1.61. The van der Waals surface area contributed by atoms with Crippen LogP contribution in [0.3, 0.4) is 0 Å². The van der Waals surface area contributed by atoms with Crippen LogP contribution in [0.2, 0.25) is 0 Å². The number of rotatable bonds is 3. The average molecular weight is 190 g/mol. The Hall–Kier alpha value is 0.883. The fraction of sp³-hybridized carbons (Fsp3) is 0.857. The Balaban J connectivity index is 0. The Kier molecular flexibility index (Phi) is 11.5. The number of hydrogen-bond acceptors (Lipinski definition) is 0. The summed E-state index contributed by atoms with van der Waals surface area (Å²) in [7, 11) is 0. The van der Waals surface area contributed by atoms with Gasteiger partial charge in [0, 0.05) is 26.2 Å². The molecule has 47 valence electrons. The molecule has 0 rings (SSSR count). The quantitative estimate of drug-likeness (QED) is 0.642. The molecule has 0 N–H and O–H groups in total. The van der Waals surface area contributed by atoms with Gasteiger partial charge in [-0.25, -0.2) is 0 Å². The van der Waals surface area contributed by atoms with Gasteiger partial charge in [0.25, 0.3) is 0 Å². The van der Waals surface area contributed by atoms with Crippen LogP contribution in [-0.4, -0.2) is 0 Å². The Morgan fingerprint density at radius 2 is 1.88 bits per heavy atom. The number of hydrogen-bond donors (Lipinski definition) is 0. The van der Waals surface area contributed by atoms with Crippen LogP contribution in [0.4, 0.5) is 0 Å². The van der Waals surface area contributed by atoms with Crippen molar-refractivity contribution < 1.29 is 26.2 Å². The van der Waals surface area contributed by atoms with Gasteiger partial charge >= 0.3 is 0 Å². The van der Waals surface area contributed by atoms with E-state index in [4.69, 9.17) is 0 Å². The Labute approximate surface area is 72.2 Å². The SMILES string of the molecule is [CH2]CCCC(C)C.[Zr]. The standard InChI is InChI=1S/C7H15.Zr/c1-4-5-6-7(2)3;/h7H,1,4-6H2,2-3H3;. The van der Waals surface area contributed by atoms with Gasteiger partial charge in [-0.15, -0.1) is 0 Å². The minimum atomic E-state index is 0. The second-order valence-electron chi connectivity index (χ2n) is 2.39. The molecule has 0 aliphatic rings. The van der Waals surface area contributed by atoms with Crippen molar-refractivity contribution in [3.05, 3.63) is 6.92 Å². The van der Waals surface area contributed by atoms with Gasteiger partial charge < -0.3 is 0 Å². The number of unbranched alkanes of at least 4 members (excludes halogenated alkanes) is 1.